The number of pyridine rings is 1. The molecule has 0 aliphatic rings. The molecule has 1 unspecified atom stereocenters. The van der Waals surface area contributed by atoms with Gasteiger partial charge in [0.2, 0.25) is 0 Å². The molecule has 1 aromatic carbocycles. The summed E-state index contributed by atoms with van der Waals surface area (Å²) < 4.78 is 7.24. The van der Waals surface area contributed by atoms with Gasteiger partial charge in [-0.15, -0.1) is 0 Å². The number of nitrogens with one attached hydrogen (secondary N) is 1. The van der Waals surface area contributed by atoms with Crippen molar-refractivity contribution in [2.75, 3.05) is 27.7 Å². The van der Waals surface area contributed by atoms with E-state index in [4.69, 9.17) is 9.72 Å². The Bertz CT molecular complexity index is 984. The van der Waals surface area contributed by atoms with E-state index in [0.717, 1.165) is 22.7 Å². The molecule has 0 spiro atoms. The van der Waals surface area contributed by atoms with Crippen LogP contribution < -0.4 is 10.1 Å². The van der Waals surface area contributed by atoms with Gasteiger partial charge in [0, 0.05) is 18.2 Å². The molecular weight excluding hydrogens is 364 g/mol. The average molecular weight is 395 g/mol. The van der Waals surface area contributed by atoms with E-state index in [9.17, 15) is 4.79 Å². The van der Waals surface area contributed by atoms with Crippen molar-refractivity contribution in [3.8, 4) is 5.75 Å². The van der Waals surface area contributed by atoms with Gasteiger partial charge in [-0.05, 0) is 43.9 Å². The van der Waals surface area contributed by atoms with Crippen LogP contribution in [0.15, 0.2) is 48.7 Å². The number of methoxy groups -OCH3 is 1. The molecule has 154 valence electrons. The van der Waals surface area contributed by atoms with Gasteiger partial charge in [-0.1, -0.05) is 39.0 Å². The SMILES string of the molecule is COc1ccc(C(CNC(=O)c2nc(C(C)(C)C)n3ccccc23)N(C)C)cc1. The van der Waals surface area contributed by atoms with Crippen LogP contribution >= 0.6 is 0 Å². The van der Waals surface area contributed by atoms with Gasteiger partial charge in [0.25, 0.3) is 5.91 Å². The van der Waals surface area contributed by atoms with Crippen molar-refractivity contribution in [3.63, 3.8) is 0 Å². The third kappa shape index (κ3) is 4.43. The molecule has 6 heteroatoms. The number of fused-ring (bicyclic) bond motifs is 1. The highest BCUT2D eigenvalue weighted by atomic mass is 16.5. The zero-order valence-electron chi connectivity index (χ0n) is 18.1. The summed E-state index contributed by atoms with van der Waals surface area (Å²) >= 11 is 0. The summed E-state index contributed by atoms with van der Waals surface area (Å²) in [4.78, 5) is 19.8. The fourth-order valence-corrected chi connectivity index (χ4v) is 3.43. The minimum atomic E-state index is -0.169. The predicted octanol–water partition coefficient (Wildman–Crippen LogP) is 3.67. The predicted molar refractivity (Wildman–Crippen MR) is 116 cm³/mol. The number of hydrogen-bond acceptors (Lipinski definition) is 4. The number of benzene rings is 1. The van der Waals surface area contributed by atoms with Crippen LogP contribution in [0.2, 0.25) is 0 Å². The highest BCUT2D eigenvalue weighted by Crippen LogP contribution is 2.25. The molecule has 1 amide bonds. The van der Waals surface area contributed by atoms with Gasteiger partial charge in [0.15, 0.2) is 5.69 Å². The number of ether oxygens (including phenoxy) is 1. The number of aromatic nitrogens is 2. The number of carbonyl (C=O) groups excluding carboxylic acids is 1. The Morgan fingerprint density at radius 1 is 1.17 bits per heavy atom. The van der Waals surface area contributed by atoms with Crippen molar-refractivity contribution in [3.05, 3.63) is 65.7 Å². The first kappa shape index (κ1) is 20.9. The summed E-state index contributed by atoms with van der Waals surface area (Å²) in [5.41, 5.74) is 2.22. The van der Waals surface area contributed by atoms with E-state index in [1.807, 2.05) is 67.2 Å². The maximum atomic E-state index is 13.0. The van der Waals surface area contributed by atoms with Gasteiger partial charge in [0.05, 0.1) is 18.7 Å². The molecule has 6 nitrogen and oxygen atoms in total. The van der Waals surface area contributed by atoms with Crippen LogP contribution in [0.3, 0.4) is 0 Å². The smallest absolute Gasteiger partial charge is 0.272 e. The first-order valence-corrected chi connectivity index (χ1v) is 9.78. The Balaban J connectivity index is 1.84. The number of rotatable bonds is 6. The Morgan fingerprint density at radius 3 is 2.45 bits per heavy atom. The Labute approximate surface area is 172 Å². The van der Waals surface area contributed by atoms with Gasteiger partial charge in [-0.25, -0.2) is 4.98 Å². The third-order valence-electron chi connectivity index (χ3n) is 5.01. The highest BCUT2D eigenvalue weighted by molar-refractivity contribution is 5.99. The molecule has 0 saturated carbocycles. The number of nitrogens with zero attached hydrogens (tertiary/aromatic N) is 3. The summed E-state index contributed by atoms with van der Waals surface area (Å²) in [7, 11) is 5.66. The number of carbonyl (C=O) groups is 1. The standard InChI is InChI=1S/C23H30N4O2/c1-23(2,3)22-25-20(18-9-7-8-14-27(18)22)21(28)24-15-19(26(4)5)16-10-12-17(29-6)13-11-16/h7-14,19H,15H2,1-6H3,(H,24,28). The molecular formula is C23H30N4O2. The molecule has 29 heavy (non-hydrogen) atoms. The molecule has 1 atom stereocenters. The minimum absolute atomic E-state index is 0.0424. The molecule has 3 rings (SSSR count). The molecule has 0 saturated heterocycles. The molecule has 0 radical (unpaired) electrons. The minimum Gasteiger partial charge on any atom is -0.497 e. The van der Waals surface area contributed by atoms with E-state index < -0.39 is 0 Å². The second-order valence-corrected chi connectivity index (χ2v) is 8.45. The van der Waals surface area contributed by atoms with E-state index in [2.05, 4.69) is 31.0 Å². The van der Waals surface area contributed by atoms with Crippen molar-refractivity contribution in [1.82, 2.24) is 19.6 Å². The lowest BCUT2D eigenvalue weighted by Crippen LogP contribution is -2.34. The van der Waals surface area contributed by atoms with Crippen LogP contribution in [0.1, 0.15) is 48.7 Å². The van der Waals surface area contributed by atoms with Crippen molar-refractivity contribution in [2.24, 2.45) is 0 Å². The summed E-state index contributed by atoms with van der Waals surface area (Å²) in [6, 6.07) is 13.8. The summed E-state index contributed by atoms with van der Waals surface area (Å²) in [6.45, 7) is 6.78. The van der Waals surface area contributed by atoms with Crippen molar-refractivity contribution in [2.45, 2.75) is 32.2 Å². The van der Waals surface area contributed by atoms with E-state index in [-0.39, 0.29) is 17.4 Å². The lowest BCUT2D eigenvalue weighted by Gasteiger charge is -2.25. The molecule has 0 bridgehead atoms. The Hall–Kier alpha value is -2.86. The van der Waals surface area contributed by atoms with Crippen LogP contribution in [0.5, 0.6) is 5.75 Å². The van der Waals surface area contributed by atoms with Gasteiger partial charge in [0.1, 0.15) is 11.6 Å². The van der Waals surface area contributed by atoms with Gasteiger partial charge < -0.3 is 19.4 Å². The van der Waals surface area contributed by atoms with Crippen molar-refractivity contribution in [1.29, 1.82) is 0 Å². The lowest BCUT2D eigenvalue weighted by molar-refractivity contribution is 0.0939. The normalized spacial score (nSPS) is 12.9. The van der Waals surface area contributed by atoms with Crippen LogP contribution in [-0.4, -0.2) is 47.9 Å². The molecule has 0 aliphatic heterocycles. The molecule has 0 aliphatic carbocycles. The number of likely N-dealkylation sites (N-methyl/N-ethyl adjacent to an activating group) is 1. The molecule has 1 N–H and O–H groups in total. The van der Waals surface area contributed by atoms with Gasteiger partial charge in [-0.3, -0.25) is 4.79 Å². The average Bonchev–Trinajstić information content (AvgIpc) is 3.08. The maximum Gasteiger partial charge on any atom is 0.272 e. The van der Waals surface area contributed by atoms with Crippen LogP contribution in [0, 0.1) is 0 Å². The van der Waals surface area contributed by atoms with Crippen molar-refractivity contribution >= 4 is 11.4 Å². The van der Waals surface area contributed by atoms with Crippen LogP contribution in [0.25, 0.3) is 5.52 Å². The second kappa shape index (κ2) is 8.25. The molecule has 2 heterocycles. The third-order valence-corrected chi connectivity index (χ3v) is 5.01. The maximum absolute atomic E-state index is 13.0. The summed E-state index contributed by atoms with van der Waals surface area (Å²) in [5, 5.41) is 3.08. The fourth-order valence-electron chi connectivity index (χ4n) is 3.43. The summed E-state index contributed by atoms with van der Waals surface area (Å²) in [5.74, 6) is 1.52. The number of hydrogen-bond donors (Lipinski definition) is 1. The molecule has 0 fully saturated rings. The summed E-state index contributed by atoms with van der Waals surface area (Å²) in [6.07, 6.45) is 1.96. The van der Waals surface area contributed by atoms with E-state index in [1.54, 1.807) is 7.11 Å². The highest BCUT2D eigenvalue weighted by Gasteiger charge is 2.25. The quantitative estimate of drug-likeness (QED) is 0.693. The first-order valence-electron chi connectivity index (χ1n) is 9.78. The van der Waals surface area contributed by atoms with Crippen LogP contribution in [0.4, 0.5) is 0 Å². The zero-order valence-corrected chi connectivity index (χ0v) is 18.1. The van der Waals surface area contributed by atoms with Gasteiger partial charge >= 0.3 is 0 Å². The first-order chi connectivity index (χ1) is 13.7. The van der Waals surface area contributed by atoms with E-state index >= 15 is 0 Å². The second-order valence-electron chi connectivity index (χ2n) is 8.45. The Morgan fingerprint density at radius 2 is 1.86 bits per heavy atom. The molecule has 2 aromatic heterocycles. The van der Waals surface area contributed by atoms with Crippen molar-refractivity contribution < 1.29 is 9.53 Å². The number of amides is 1. The zero-order chi connectivity index (χ0) is 21.2. The fraction of sp³-hybridized carbons (Fsp3) is 0.391. The van der Waals surface area contributed by atoms with E-state index in [1.165, 1.54) is 0 Å². The monoisotopic (exact) mass is 394 g/mol. The lowest BCUT2D eigenvalue weighted by atomic mass is 9.96. The number of imidazole rings is 1. The molecule has 3 aromatic rings. The van der Waals surface area contributed by atoms with Gasteiger partial charge in [-0.2, -0.15) is 0 Å². The topological polar surface area (TPSA) is 58.9 Å². The largest absolute Gasteiger partial charge is 0.497 e. The Kier molecular flexibility index (Phi) is 5.94. The van der Waals surface area contributed by atoms with Crippen LogP contribution in [-0.2, 0) is 5.41 Å². The van der Waals surface area contributed by atoms with E-state index in [0.29, 0.717) is 12.2 Å².